The second kappa shape index (κ2) is 40.1. The van der Waals surface area contributed by atoms with Crippen molar-refractivity contribution in [1.29, 1.82) is 0 Å². The molecule has 10 heteroatoms. The fourth-order valence-electron chi connectivity index (χ4n) is 18.9. The molecule has 5 heterocycles. The number of quaternary nitrogens is 1. The molecule has 82 heavy (non-hydrogen) atoms. The van der Waals surface area contributed by atoms with Crippen LogP contribution in [0.15, 0.2) is 0 Å². The van der Waals surface area contributed by atoms with Crippen molar-refractivity contribution < 1.29 is 24.8 Å². The molecule has 8 atom stereocenters. The van der Waals surface area contributed by atoms with Crippen molar-refractivity contribution in [2.24, 2.45) is 47.3 Å². The van der Waals surface area contributed by atoms with E-state index >= 15 is 0 Å². The van der Waals surface area contributed by atoms with Crippen LogP contribution in [-0.2, 0) is 0 Å². The molecule has 0 aromatic rings. The number of rotatable bonds is 36. The maximum absolute atomic E-state index is 4.26. The van der Waals surface area contributed by atoms with Gasteiger partial charge < -0.3 is 5.91 Å². The van der Waals surface area contributed by atoms with Crippen LogP contribution in [0, 0.1) is 47.3 Å². The zero-order valence-corrected chi connectivity index (χ0v) is 55.5. The van der Waals surface area contributed by atoms with Gasteiger partial charge in [-0.05, 0) is 144 Å². The first-order chi connectivity index (χ1) is 40.0. The van der Waals surface area contributed by atoms with Crippen LogP contribution in [0.2, 0.25) is 0 Å². The van der Waals surface area contributed by atoms with E-state index < -0.39 is 0 Å². The summed E-state index contributed by atoms with van der Waals surface area (Å²) in [7, 11) is 0. The normalized spacial score (nSPS) is 34.1. The van der Waals surface area contributed by atoms with E-state index in [-0.39, 0.29) is 20.3 Å². The summed E-state index contributed by atoms with van der Waals surface area (Å²) in [5.74, 6) is 5.97. The molecule has 4 saturated carbocycles. The fraction of sp³-hybridized carbons (Fsp3) is 1.00. The van der Waals surface area contributed by atoms with Crippen LogP contribution >= 0.6 is 0 Å². The Kier molecular flexibility index (Phi) is 34.1. The molecule has 474 valence electrons. The van der Waals surface area contributed by atoms with Crippen LogP contribution in [0.1, 0.15) is 337 Å². The minimum atomic E-state index is 0. The van der Waals surface area contributed by atoms with Crippen LogP contribution in [-0.4, -0.2) is 80.0 Å². The molecule has 0 aromatic carbocycles. The average Bonchev–Trinajstić information content (AvgIpc) is 3.42. The number of hydrogen-bond donors (Lipinski definition) is 8. The number of hydrogen-bond acceptors (Lipinski definition) is 8. The van der Waals surface area contributed by atoms with Gasteiger partial charge in [0.15, 0.2) is 0 Å². The van der Waals surface area contributed by atoms with Gasteiger partial charge in [-0.2, -0.15) is 0 Å². The van der Waals surface area contributed by atoms with Gasteiger partial charge in [-0.3, -0.25) is 42.5 Å². The van der Waals surface area contributed by atoms with Crippen molar-refractivity contribution in [3.8, 4) is 0 Å². The second-order valence-corrected chi connectivity index (χ2v) is 29.7. The summed E-state index contributed by atoms with van der Waals surface area (Å²) in [6.07, 6.45) is 72.3. The van der Waals surface area contributed by atoms with Crippen molar-refractivity contribution in [2.45, 2.75) is 385 Å². The monoisotopic (exact) mass is 1140 g/mol. The maximum atomic E-state index is 4.26. The molecule has 8 N–H and O–H groups in total. The van der Waals surface area contributed by atoms with E-state index in [9.17, 15) is 0 Å². The van der Waals surface area contributed by atoms with E-state index in [2.05, 4.69) is 70.2 Å². The molecular weight excluding hydrogens is 998 g/mol. The molecule has 4 aliphatic carbocycles. The number of nitrogens with zero attached hydrogens (tertiary/aromatic N) is 1. The number of nitrogens with one attached hydrogen (secondary N) is 8. The van der Waals surface area contributed by atoms with Crippen LogP contribution in [0.3, 0.4) is 0 Å². The maximum Gasteiger partial charge on any atom is 1.00 e. The van der Waals surface area contributed by atoms with E-state index in [1.165, 1.54) is 339 Å². The largest absolute Gasteiger partial charge is 1.00 e. The fourth-order valence-corrected chi connectivity index (χ4v) is 18.9. The molecule has 9 aliphatic rings. The number of fused-ring (bicyclic) bond motifs is 20. The van der Waals surface area contributed by atoms with Gasteiger partial charge in [0.1, 0.15) is 0 Å². The minimum absolute atomic E-state index is 0. The Hall–Kier alpha value is 0.237. The molecule has 0 amide bonds. The molecule has 0 radical (unpaired) electrons. The Balaban J connectivity index is 0.000000260. The van der Waals surface area contributed by atoms with E-state index in [1.54, 1.807) is 0 Å². The van der Waals surface area contributed by atoms with Crippen molar-refractivity contribution in [3.63, 3.8) is 0 Å². The zero-order valence-electron chi connectivity index (χ0n) is 56.5. The third-order valence-electron chi connectivity index (χ3n) is 23.7. The second-order valence-electron chi connectivity index (χ2n) is 29.7. The summed E-state index contributed by atoms with van der Waals surface area (Å²) in [6.45, 7) is 15.3. The van der Waals surface area contributed by atoms with Crippen LogP contribution < -0.4 is 61.4 Å². The van der Waals surface area contributed by atoms with Gasteiger partial charge in [0.25, 0.3) is 0 Å². The summed E-state index contributed by atoms with van der Waals surface area (Å²) in [6, 6.07) is 0. The van der Waals surface area contributed by atoms with E-state index in [0.717, 1.165) is 47.3 Å². The molecule has 0 spiro atoms. The molecule has 0 aromatic heterocycles. The molecule has 5 aliphatic heterocycles. The van der Waals surface area contributed by atoms with Gasteiger partial charge in [-0.1, -0.05) is 240 Å². The summed E-state index contributed by atoms with van der Waals surface area (Å²) in [5.41, 5.74) is 0. The van der Waals surface area contributed by atoms with Crippen LogP contribution in [0.4, 0.5) is 0 Å². The Labute approximate surface area is 523 Å². The van der Waals surface area contributed by atoms with Gasteiger partial charge in [0.05, 0.1) is 75.5 Å². The molecule has 8 bridgehead atoms. The van der Waals surface area contributed by atoms with Gasteiger partial charge in [-0.25, -0.2) is 0 Å². The first-order valence-electron chi connectivity index (χ1n) is 38.0. The SMILES string of the molecule is C1CCC2C3NC(NC4NC(NC5NC(NC6NC(N3)C3CCCCC63)C3CCCCC53)C3CCCCC43)C2C1.CCCCCCCCCCCC[N+](CCCC)(CCCCCCCCCCCC)CCCCCCCCCCCC.[H-].[Li+]. The smallest absolute Gasteiger partial charge is 1.00 e. The van der Waals surface area contributed by atoms with Gasteiger partial charge >= 0.3 is 18.9 Å². The summed E-state index contributed by atoms with van der Waals surface area (Å²) >= 11 is 0. The van der Waals surface area contributed by atoms with E-state index in [4.69, 9.17) is 0 Å². The van der Waals surface area contributed by atoms with Crippen molar-refractivity contribution >= 4 is 0 Å². The van der Waals surface area contributed by atoms with Gasteiger partial charge in [0.2, 0.25) is 0 Å². The molecular formula is C72H141LiN9+. The third kappa shape index (κ3) is 21.7. The third-order valence-corrected chi connectivity index (χ3v) is 23.7. The standard InChI is InChI=1S/C40H84N.C32H56N8.Li.H/c1-5-9-13-16-19-22-25-28-31-34-38-41(37-12-8-4,39-35-32-29-26-23-20-17-14-10-6-2)40-36-33-30-27-24-21-18-15-11-7-3;1-2-10-18-17(9-1)25-33-26(18)38-28-21-13-5-6-14-22(21)30(35-28)40-32-24-16-8-7-15-23(24)31(36-32)39-29-20-12-4-3-11-19(20)27(34-29)37-25;;/h5-40H2,1-4H3;17-40H,1-16H2;;/q+1;;+1;-1. The Morgan fingerprint density at radius 2 is 0.366 bits per heavy atom. The first kappa shape index (κ1) is 69.7. The Bertz CT molecular complexity index is 1340. The van der Waals surface area contributed by atoms with Crippen LogP contribution in [0.5, 0.6) is 0 Å². The van der Waals surface area contributed by atoms with Crippen molar-refractivity contribution in [2.75, 3.05) is 26.2 Å². The topological polar surface area (TPSA) is 96.2 Å². The van der Waals surface area contributed by atoms with Crippen LogP contribution in [0.25, 0.3) is 0 Å². The summed E-state index contributed by atoms with van der Waals surface area (Å²) in [4.78, 5) is 0. The molecule has 9 fully saturated rings. The Morgan fingerprint density at radius 1 is 0.220 bits per heavy atom. The molecule has 5 saturated heterocycles. The summed E-state index contributed by atoms with van der Waals surface area (Å²) in [5, 5.41) is 33.8. The Morgan fingerprint density at radius 3 is 0.537 bits per heavy atom. The average molecular weight is 1140 g/mol. The molecule has 8 unspecified atom stereocenters. The quantitative estimate of drug-likeness (QED) is 0.0179. The first-order valence-corrected chi connectivity index (χ1v) is 38.0. The molecule has 9 nitrogen and oxygen atoms in total. The van der Waals surface area contributed by atoms with Crippen molar-refractivity contribution in [1.82, 2.24) is 42.5 Å². The summed E-state index contributed by atoms with van der Waals surface area (Å²) < 4.78 is 1.47. The molecule has 9 rings (SSSR count). The zero-order chi connectivity index (χ0) is 56.2. The predicted molar refractivity (Wildman–Crippen MR) is 348 cm³/mol. The minimum Gasteiger partial charge on any atom is -1.00 e. The van der Waals surface area contributed by atoms with Gasteiger partial charge in [-0.15, -0.1) is 0 Å². The predicted octanol–water partition coefficient (Wildman–Crippen LogP) is 14.1. The van der Waals surface area contributed by atoms with Crippen molar-refractivity contribution in [3.05, 3.63) is 0 Å². The van der Waals surface area contributed by atoms with E-state index in [1.807, 2.05) is 0 Å². The van der Waals surface area contributed by atoms with Gasteiger partial charge in [0, 0.05) is 0 Å². The van der Waals surface area contributed by atoms with E-state index in [0.29, 0.717) is 49.3 Å². The number of unbranched alkanes of at least 4 members (excludes halogenated alkanes) is 28.